The number of benzene rings is 1. The highest BCUT2D eigenvalue weighted by Gasteiger charge is 2.48. The van der Waals surface area contributed by atoms with E-state index in [0.29, 0.717) is 32.3 Å². The lowest BCUT2D eigenvalue weighted by molar-refractivity contribution is -0.194. The van der Waals surface area contributed by atoms with Crippen LogP contribution in [0.1, 0.15) is 32.6 Å². The Balaban J connectivity index is 1.66. The van der Waals surface area contributed by atoms with Crippen molar-refractivity contribution in [2.75, 3.05) is 31.7 Å². The molecule has 0 amide bonds. The fraction of sp³-hybridized carbons (Fsp3) is 0.524. The molecule has 3 rings (SSSR count). The van der Waals surface area contributed by atoms with Crippen molar-refractivity contribution in [3.8, 4) is 0 Å². The Morgan fingerprint density at radius 2 is 1.81 bits per heavy atom. The summed E-state index contributed by atoms with van der Waals surface area (Å²) in [5.74, 6) is 0.831. The zero-order valence-electron chi connectivity index (χ0n) is 16.0. The molecule has 1 saturated heterocycles. The summed E-state index contributed by atoms with van der Waals surface area (Å²) in [5, 5.41) is 3.20. The molecule has 27 heavy (non-hydrogen) atoms. The number of para-hydroxylation sites is 1. The van der Waals surface area contributed by atoms with Gasteiger partial charge in [0.25, 0.3) is 0 Å². The molecule has 1 spiro atoms. The molecule has 2 aliphatic rings. The van der Waals surface area contributed by atoms with E-state index in [4.69, 9.17) is 24.7 Å². The number of ether oxygens (including phenoxy) is 4. The van der Waals surface area contributed by atoms with Gasteiger partial charge in [-0.05, 0) is 31.9 Å². The van der Waals surface area contributed by atoms with Gasteiger partial charge in [0.2, 0.25) is 5.88 Å². The Labute approximate surface area is 161 Å². The fourth-order valence-electron chi connectivity index (χ4n) is 3.73. The zero-order valence-corrected chi connectivity index (χ0v) is 16.0. The van der Waals surface area contributed by atoms with Crippen molar-refractivity contribution in [1.82, 2.24) is 0 Å². The van der Waals surface area contributed by atoms with Gasteiger partial charge in [0, 0.05) is 18.5 Å². The lowest BCUT2D eigenvalue weighted by Gasteiger charge is -2.43. The lowest BCUT2D eigenvalue weighted by Crippen LogP contribution is -2.43. The normalized spacial score (nSPS) is 21.0. The minimum Gasteiger partial charge on any atom is -0.498 e. The third-order valence-electron chi connectivity index (χ3n) is 5.39. The summed E-state index contributed by atoms with van der Waals surface area (Å²) in [6.07, 6.45) is 4.70. The third-order valence-corrected chi connectivity index (χ3v) is 5.39. The molecule has 1 aliphatic carbocycles. The van der Waals surface area contributed by atoms with Crippen LogP contribution in [-0.4, -0.2) is 32.2 Å². The topological polar surface area (TPSA) is 75.0 Å². The number of nitrogens with one attached hydrogen (secondary N) is 1. The molecule has 1 aromatic rings. The molecule has 148 valence electrons. The largest absolute Gasteiger partial charge is 0.498 e. The van der Waals surface area contributed by atoms with Gasteiger partial charge in [-0.15, -0.1) is 0 Å². The van der Waals surface area contributed by atoms with Crippen LogP contribution in [0, 0.1) is 5.41 Å². The van der Waals surface area contributed by atoms with E-state index in [1.165, 1.54) is 6.20 Å². The molecule has 0 unspecified atom stereocenters. The standard InChI is InChI=1S/C21H30N2O4/c1-3-24-17(2)20(9-11-21(12-10-20)26-13-14-27-21)16-25-19(15-22)23-18-7-5-4-6-8-18/h4-8,15,23H,2-3,9-14,16,22H2,1H3/b19-15+. The van der Waals surface area contributed by atoms with Crippen LogP contribution >= 0.6 is 0 Å². The van der Waals surface area contributed by atoms with Crippen molar-refractivity contribution in [3.05, 3.63) is 54.8 Å². The van der Waals surface area contributed by atoms with E-state index in [2.05, 4.69) is 11.9 Å². The number of hydrogen-bond acceptors (Lipinski definition) is 6. The first-order valence-electron chi connectivity index (χ1n) is 9.58. The molecular weight excluding hydrogens is 344 g/mol. The highest BCUT2D eigenvalue weighted by Crippen LogP contribution is 2.48. The molecule has 1 aromatic carbocycles. The van der Waals surface area contributed by atoms with E-state index < -0.39 is 5.79 Å². The monoisotopic (exact) mass is 374 g/mol. The van der Waals surface area contributed by atoms with Crippen molar-refractivity contribution < 1.29 is 18.9 Å². The van der Waals surface area contributed by atoms with Gasteiger partial charge in [0.1, 0.15) is 6.61 Å². The van der Waals surface area contributed by atoms with Crippen LogP contribution < -0.4 is 11.1 Å². The van der Waals surface area contributed by atoms with Crippen LogP contribution in [0.2, 0.25) is 0 Å². The quantitative estimate of drug-likeness (QED) is 0.676. The van der Waals surface area contributed by atoms with Gasteiger partial charge in [-0.2, -0.15) is 0 Å². The fourth-order valence-corrected chi connectivity index (χ4v) is 3.73. The first kappa shape index (κ1) is 19.6. The summed E-state index contributed by atoms with van der Waals surface area (Å²) < 4.78 is 23.6. The maximum atomic E-state index is 6.06. The number of hydrogen-bond donors (Lipinski definition) is 2. The molecule has 3 N–H and O–H groups in total. The third kappa shape index (κ3) is 4.57. The van der Waals surface area contributed by atoms with Crippen molar-refractivity contribution in [2.24, 2.45) is 11.1 Å². The molecule has 1 heterocycles. The first-order valence-corrected chi connectivity index (χ1v) is 9.58. The average molecular weight is 374 g/mol. The SMILES string of the molecule is C=C(OCC)C1(CO/C(=C/N)Nc2ccccc2)CCC2(CC1)OCCO2. The number of rotatable bonds is 8. The molecular formula is C21H30N2O4. The van der Waals surface area contributed by atoms with Gasteiger partial charge in [-0.1, -0.05) is 24.8 Å². The molecule has 1 aliphatic heterocycles. The van der Waals surface area contributed by atoms with Crippen LogP contribution in [0.3, 0.4) is 0 Å². The van der Waals surface area contributed by atoms with E-state index in [0.717, 1.165) is 37.1 Å². The Morgan fingerprint density at radius 1 is 1.15 bits per heavy atom. The molecule has 0 aromatic heterocycles. The van der Waals surface area contributed by atoms with E-state index in [9.17, 15) is 0 Å². The van der Waals surface area contributed by atoms with E-state index in [1.54, 1.807) is 0 Å². The van der Waals surface area contributed by atoms with Crippen molar-refractivity contribution in [2.45, 2.75) is 38.4 Å². The first-order chi connectivity index (χ1) is 13.1. The Morgan fingerprint density at radius 3 is 2.41 bits per heavy atom. The van der Waals surface area contributed by atoms with Crippen LogP contribution in [-0.2, 0) is 18.9 Å². The summed E-state index contributed by atoms with van der Waals surface area (Å²) in [6.45, 7) is 8.50. The highest BCUT2D eigenvalue weighted by atomic mass is 16.7. The molecule has 0 atom stereocenters. The van der Waals surface area contributed by atoms with Crippen LogP contribution in [0.25, 0.3) is 0 Å². The minimum absolute atomic E-state index is 0.288. The van der Waals surface area contributed by atoms with E-state index in [1.807, 2.05) is 37.3 Å². The van der Waals surface area contributed by atoms with Gasteiger partial charge in [0.05, 0.1) is 37.2 Å². The zero-order chi connectivity index (χ0) is 19.2. The van der Waals surface area contributed by atoms with Crippen molar-refractivity contribution >= 4 is 5.69 Å². The van der Waals surface area contributed by atoms with E-state index >= 15 is 0 Å². The summed E-state index contributed by atoms with van der Waals surface area (Å²) in [6, 6.07) is 9.79. The highest BCUT2D eigenvalue weighted by molar-refractivity contribution is 5.46. The van der Waals surface area contributed by atoms with Gasteiger partial charge >= 0.3 is 0 Å². The summed E-state index contributed by atoms with van der Waals surface area (Å²) in [7, 11) is 0. The molecule has 0 bridgehead atoms. The second-order valence-electron chi connectivity index (χ2n) is 7.05. The van der Waals surface area contributed by atoms with Crippen LogP contribution in [0.15, 0.2) is 54.8 Å². The summed E-state index contributed by atoms with van der Waals surface area (Å²) >= 11 is 0. The molecule has 6 heteroatoms. The minimum atomic E-state index is -0.440. The summed E-state index contributed by atoms with van der Waals surface area (Å²) in [5.41, 5.74) is 6.40. The second kappa shape index (κ2) is 8.67. The van der Waals surface area contributed by atoms with Crippen LogP contribution in [0.4, 0.5) is 5.69 Å². The molecule has 0 radical (unpaired) electrons. The molecule has 1 saturated carbocycles. The average Bonchev–Trinajstić information content (AvgIpc) is 3.16. The predicted molar refractivity (Wildman–Crippen MR) is 105 cm³/mol. The molecule has 2 fully saturated rings. The smallest absolute Gasteiger partial charge is 0.207 e. The maximum absolute atomic E-state index is 6.06. The molecule has 6 nitrogen and oxygen atoms in total. The predicted octanol–water partition coefficient (Wildman–Crippen LogP) is 3.73. The number of nitrogens with two attached hydrogens (primary N) is 1. The van der Waals surface area contributed by atoms with Crippen LogP contribution in [0.5, 0.6) is 0 Å². The van der Waals surface area contributed by atoms with Crippen molar-refractivity contribution in [1.29, 1.82) is 0 Å². The van der Waals surface area contributed by atoms with Gasteiger partial charge in [-0.3, -0.25) is 0 Å². The van der Waals surface area contributed by atoms with Gasteiger partial charge in [-0.25, -0.2) is 0 Å². The lowest BCUT2D eigenvalue weighted by atomic mass is 9.71. The maximum Gasteiger partial charge on any atom is 0.207 e. The van der Waals surface area contributed by atoms with Crippen molar-refractivity contribution in [3.63, 3.8) is 0 Å². The Hall–Kier alpha value is -2.18. The number of anilines is 1. The van der Waals surface area contributed by atoms with E-state index in [-0.39, 0.29) is 5.41 Å². The summed E-state index contributed by atoms with van der Waals surface area (Å²) in [4.78, 5) is 0. The second-order valence-corrected chi connectivity index (χ2v) is 7.05. The van der Waals surface area contributed by atoms with Gasteiger partial charge in [0.15, 0.2) is 5.79 Å². The Kier molecular flexibility index (Phi) is 6.29. The van der Waals surface area contributed by atoms with Gasteiger partial charge < -0.3 is 30.0 Å². The Bertz CT molecular complexity index is 643.